The normalized spacial score (nSPS) is 20.9. The van der Waals surface area contributed by atoms with Crippen LogP contribution in [-0.4, -0.2) is 55.2 Å². The van der Waals surface area contributed by atoms with Gasteiger partial charge in [-0.25, -0.2) is 0 Å². The van der Waals surface area contributed by atoms with Gasteiger partial charge < -0.3 is 15.1 Å². The van der Waals surface area contributed by atoms with E-state index in [1.807, 2.05) is 4.90 Å². The largest absolute Gasteiger partial charge is 0.395 e. The molecular weight excluding hydrogens is 471 g/mol. The van der Waals surface area contributed by atoms with Gasteiger partial charge in [0, 0.05) is 37.6 Å². The summed E-state index contributed by atoms with van der Waals surface area (Å²) in [6.45, 7) is 9.12. The molecule has 3 fully saturated rings. The van der Waals surface area contributed by atoms with Gasteiger partial charge in [-0.05, 0) is 92.8 Å². The summed E-state index contributed by atoms with van der Waals surface area (Å²) in [6.07, 6.45) is 2.95. The van der Waals surface area contributed by atoms with Crippen molar-refractivity contribution in [2.75, 3.05) is 44.6 Å². The van der Waals surface area contributed by atoms with Crippen molar-refractivity contribution in [3.8, 4) is 11.1 Å². The van der Waals surface area contributed by atoms with Crippen molar-refractivity contribution in [1.82, 2.24) is 9.80 Å². The van der Waals surface area contributed by atoms with Crippen molar-refractivity contribution in [3.05, 3.63) is 60.7 Å². The molecule has 0 unspecified atom stereocenters. The van der Waals surface area contributed by atoms with Crippen LogP contribution in [-0.2, 0) is 0 Å². The van der Waals surface area contributed by atoms with Crippen molar-refractivity contribution in [2.45, 2.75) is 57.5 Å². The highest BCUT2D eigenvalue weighted by molar-refractivity contribution is 5.70. The molecule has 1 aliphatic carbocycles. The molecule has 2 heterocycles. The molecule has 0 radical (unpaired) electrons. The molecule has 3 aliphatic rings. The van der Waals surface area contributed by atoms with Gasteiger partial charge in [0.25, 0.3) is 0 Å². The Morgan fingerprint density at radius 1 is 0.838 bits per heavy atom. The molecule has 2 aromatic carbocycles. The second-order valence-electron chi connectivity index (χ2n) is 11.4. The maximum Gasteiger partial charge on any atom is 0.395 e. The molecule has 0 spiro atoms. The van der Waals surface area contributed by atoms with E-state index in [9.17, 15) is 13.2 Å². The molecule has 2 aromatic rings. The summed E-state index contributed by atoms with van der Waals surface area (Å²) in [7, 11) is 0. The minimum Gasteiger partial charge on any atom is -0.385 e. The first kappa shape index (κ1) is 26.1. The highest BCUT2D eigenvalue weighted by atomic mass is 19.4. The average Bonchev–Trinajstić information content (AvgIpc) is 2.90. The van der Waals surface area contributed by atoms with E-state index < -0.39 is 11.6 Å². The molecule has 5 rings (SSSR count). The predicted molar refractivity (Wildman–Crippen MR) is 146 cm³/mol. The lowest BCUT2D eigenvalue weighted by molar-refractivity contribution is -0.256. The summed E-state index contributed by atoms with van der Waals surface area (Å²) in [5.74, 6) is 0.500. The molecular formula is C31H40F3N3. The Kier molecular flexibility index (Phi) is 7.85. The Morgan fingerprint density at radius 2 is 1.43 bits per heavy atom. The second kappa shape index (κ2) is 11.1. The Morgan fingerprint density at radius 3 is 1.97 bits per heavy atom. The number of halogens is 3. The van der Waals surface area contributed by atoms with Crippen LogP contribution in [0.1, 0.15) is 56.9 Å². The van der Waals surface area contributed by atoms with Crippen LogP contribution in [0.15, 0.2) is 55.1 Å². The Balaban J connectivity index is 1.08. The van der Waals surface area contributed by atoms with Gasteiger partial charge in [-0.1, -0.05) is 49.4 Å². The first-order valence-corrected chi connectivity index (χ1v) is 14.0. The first-order chi connectivity index (χ1) is 17.8. The van der Waals surface area contributed by atoms with Crippen LogP contribution in [0.2, 0.25) is 0 Å². The van der Waals surface area contributed by atoms with E-state index in [1.54, 1.807) is 0 Å². The SMILES string of the molecule is C=C(c1ccc(-c2ccc(NCC3CCN(CC4(C(F)(F)F)CCC4)CC3)cc2)cc1)N1CCCCC1. The van der Waals surface area contributed by atoms with Gasteiger partial charge in [0.1, 0.15) is 0 Å². The van der Waals surface area contributed by atoms with E-state index in [1.165, 1.54) is 36.0 Å². The van der Waals surface area contributed by atoms with E-state index in [0.717, 1.165) is 56.9 Å². The number of nitrogens with one attached hydrogen (secondary N) is 1. The van der Waals surface area contributed by atoms with Crippen LogP contribution in [0.25, 0.3) is 16.8 Å². The van der Waals surface area contributed by atoms with Gasteiger partial charge in [-0.15, -0.1) is 0 Å². The average molecular weight is 512 g/mol. The van der Waals surface area contributed by atoms with Gasteiger partial charge in [0.05, 0.1) is 5.41 Å². The van der Waals surface area contributed by atoms with Gasteiger partial charge >= 0.3 is 6.18 Å². The third-order valence-corrected chi connectivity index (χ3v) is 8.91. The van der Waals surface area contributed by atoms with Crippen molar-refractivity contribution >= 4 is 11.4 Å². The van der Waals surface area contributed by atoms with E-state index >= 15 is 0 Å². The maximum absolute atomic E-state index is 13.5. The quantitative estimate of drug-likeness (QED) is 0.392. The summed E-state index contributed by atoms with van der Waals surface area (Å²) in [5.41, 5.74) is 4.34. The molecule has 0 atom stereocenters. The topological polar surface area (TPSA) is 18.5 Å². The molecule has 2 saturated heterocycles. The van der Waals surface area contributed by atoms with Crippen LogP contribution >= 0.6 is 0 Å². The zero-order chi connectivity index (χ0) is 25.9. The van der Waals surface area contributed by atoms with Gasteiger partial charge in [0.15, 0.2) is 0 Å². The van der Waals surface area contributed by atoms with E-state index in [0.29, 0.717) is 25.2 Å². The number of anilines is 1. The fraction of sp³-hybridized carbons (Fsp3) is 0.548. The van der Waals surface area contributed by atoms with Gasteiger partial charge in [-0.3, -0.25) is 0 Å². The summed E-state index contributed by atoms with van der Waals surface area (Å²) in [5, 5.41) is 3.55. The monoisotopic (exact) mass is 511 g/mol. The summed E-state index contributed by atoms with van der Waals surface area (Å²) in [4.78, 5) is 4.45. The van der Waals surface area contributed by atoms with Crippen molar-refractivity contribution in [2.24, 2.45) is 11.3 Å². The molecule has 0 bridgehead atoms. The van der Waals surface area contributed by atoms with Crippen LogP contribution in [0, 0.1) is 11.3 Å². The number of piperidine rings is 2. The second-order valence-corrected chi connectivity index (χ2v) is 11.4. The van der Waals surface area contributed by atoms with Crippen molar-refractivity contribution < 1.29 is 13.2 Å². The van der Waals surface area contributed by atoms with Crippen LogP contribution in [0.5, 0.6) is 0 Å². The Bertz CT molecular complexity index is 1030. The fourth-order valence-corrected chi connectivity index (χ4v) is 6.16. The number of hydrogen-bond acceptors (Lipinski definition) is 3. The first-order valence-electron chi connectivity index (χ1n) is 14.0. The third-order valence-electron chi connectivity index (χ3n) is 8.91. The molecule has 37 heavy (non-hydrogen) atoms. The van der Waals surface area contributed by atoms with Crippen LogP contribution < -0.4 is 5.32 Å². The molecule has 3 nitrogen and oxygen atoms in total. The summed E-state index contributed by atoms with van der Waals surface area (Å²) >= 11 is 0. The molecule has 0 amide bonds. The van der Waals surface area contributed by atoms with Gasteiger partial charge in [-0.2, -0.15) is 13.2 Å². The highest BCUT2D eigenvalue weighted by Gasteiger charge is 2.58. The summed E-state index contributed by atoms with van der Waals surface area (Å²) < 4.78 is 40.5. The van der Waals surface area contributed by atoms with E-state index in [4.69, 9.17) is 0 Å². The number of likely N-dealkylation sites (tertiary alicyclic amines) is 2. The Hall–Kier alpha value is -2.47. The van der Waals surface area contributed by atoms with Crippen LogP contribution in [0.4, 0.5) is 18.9 Å². The number of benzene rings is 2. The smallest absolute Gasteiger partial charge is 0.385 e. The minimum atomic E-state index is -4.07. The third kappa shape index (κ3) is 6.00. The lowest BCUT2D eigenvalue weighted by atomic mass is 9.67. The molecule has 1 saturated carbocycles. The number of hydrogen-bond donors (Lipinski definition) is 1. The summed E-state index contributed by atoms with van der Waals surface area (Å²) in [6, 6.07) is 17.2. The fourth-order valence-electron chi connectivity index (χ4n) is 6.16. The number of rotatable bonds is 8. The zero-order valence-electron chi connectivity index (χ0n) is 21.8. The maximum atomic E-state index is 13.5. The molecule has 1 N–H and O–H groups in total. The van der Waals surface area contributed by atoms with E-state index in [2.05, 4.69) is 65.3 Å². The number of alkyl halides is 3. The van der Waals surface area contributed by atoms with Crippen LogP contribution in [0.3, 0.4) is 0 Å². The molecule has 6 heteroatoms. The predicted octanol–water partition coefficient (Wildman–Crippen LogP) is 7.67. The zero-order valence-corrected chi connectivity index (χ0v) is 21.8. The Labute approximate surface area is 219 Å². The van der Waals surface area contributed by atoms with Crippen molar-refractivity contribution in [1.29, 1.82) is 0 Å². The van der Waals surface area contributed by atoms with Crippen molar-refractivity contribution in [3.63, 3.8) is 0 Å². The highest BCUT2D eigenvalue weighted by Crippen LogP contribution is 2.53. The standard InChI is InChI=1S/C31H40F3N3/c1-24(37-18-3-2-4-19-37)26-6-8-27(9-7-26)28-10-12-29(13-11-28)35-22-25-14-20-36(21-15-25)23-30(16-5-17-30)31(32,33)34/h6-13,25,35H,1-5,14-23H2. The molecule has 2 aliphatic heterocycles. The van der Waals surface area contributed by atoms with E-state index in [-0.39, 0.29) is 6.54 Å². The molecule has 0 aromatic heterocycles. The van der Waals surface area contributed by atoms with Gasteiger partial charge in [0.2, 0.25) is 0 Å². The minimum absolute atomic E-state index is 0.186. The molecule has 200 valence electrons. The lowest BCUT2D eigenvalue weighted by Gasteiger charge is -2.47. The number of nitrogens with zero attached hydrogens (tertiary/aromatic N) is 2. The lowest BCUT2D eigenvalue weighted by Crippen LogP contribution is -2.53.